The number of nitrogens with one attached hydrogen (secondary N) is 1. The lowest BCUT2D eigenvalue weighted by Crippen LogP contribution is -2.37. The average molecular weight is 396 g/mol. The summed E-state index contributed by atoms with van der Waals surface area (Å²) in [4.78, 5) is 25.0. The van der Waals surface area contributed by atoms with E-state index in [4.69, 9.17) is 5.73 Å². The van der Waals surface area contributed by atoms with Crippen LogP contribution in [0.3, 0.4) is 0 Å². The zero-order valence-corrected chi connectivity index (χ0v) is 17.2. The molecule has 2 atom stereocenters. The van der Waals surface area contributed by atoms with Crippen molar-refractivity contribution in [3.8, 4) is 6.07 Å². The van der Waals surface area contributed by atoms with Crippen molar-refractivity contribution in [2.75, 3.05) is 0 Å². The maximum atomic E-state index is 12.8. The zero-order valence-electron chi connectivity index (χ0n) is 16.4. The number of rotatable bonds is 5. The van der Waals surface area contributed by atoms with Crippen LogP contribution < -0.4 is 11.1 Å². The first-order chi connectivity index (χ1) is 13.3. The highest BCUT2D eigenvalue weighted by Crippen LogP contribution is 2.47. The quantitative estimate of drug-likeness (QED) is 0.787. The molecule has 1 aromatic carbocycles. The number of allylic oxidation sites excluding steroid dienone is 3. The summed E-state index contributed by atoms with van der Waals surface area (Å²) in [5.74, 6) is -0.593. The van der Waals surface area contributed by atoms with Crippen LogP contribution in [-0.2, 0) is 9.59 Å². The normalized spacial score (nSPS) is 22.2. The van der Waals surface area contributed by atoms with Crippen LogP contribution >= 0.6 is 11.8 Å². The molecule has 146 valence electrons. The Morgan fingerprint density at radius 2 is 2.04 bits per heavy atom. The monoisotopic (exact) mass is 395 g/mol. The summed E-state index contributed by atoms with van der Waals surface area (Å²) in [7, 11) is 0. The van der Waals surface area contributed by atoms with Crippen molar-refractivity contribution in [1.29, 1.82) is 5.26 Å². The first kappa shape index (κ1) is 20.2. The van der Waals surface area contributed by atoms with Crippen LogP contribution in [-0.4, -0.2) is 11.7 Å². The number of carbonyl (C=O) groups excluding carboxylic acids is 2. The number of primary amides is 1. The number of nitrogens with zero attached hydrogens (tertiary/aromatic N) is 1. The summed E-state index contributed by atoms with van der Waals surface area (Å²) < 4.78 is 0. The molecular weight excluding hydrogens is 370 g/mol. The Morgan fingerprint density at radius 3 is 2.61 bits per heavy atom. The number of Topliss-reactive ketones (excluding diaryl/α,β-unsaturated/α-hetero) is 1. The molecule has 1 aliphatic carbocycles. The van der Waals surface area contributed by atoms with Crippen LogP contribution in [0, 0.1) is 22.7 Å². The van der Waals surface area contributed by atoms with Gasteiger partial charge in [0.05, 0.1) is 16.7 Å². The van der Waals surface area contributed by atoms with Crippen LogP contribution in [0.2, 0.25) is 0 Å². The number of hydrogen-bond acceptors (Lipinski definition) is 5. The van der Waals surface area contributed by atoms with Crippen molar-refractivity contribution in [1.82, 2.24) is 5.32 Å². The van der Waals surface area contributed by atoms with Gasteiger partial charge in [-0.25, -0.2) is 0 Å². The fraction of sp³-hybridized carbons (Fsp3) is 0.409. The van der Waals surface area contributed by atoms with E-state index in [2.05, 4.69) is 25.2 Å². The SMILES string of the molecule is CC[C@@H]1C(C#N)=C(S[C@@H](C(N)=O)c2ccccc2)NC2=C1C(=O)CC(C)(C)C2. The predicted octanol–water partition coefficient (Wildman–Crippen LogP) is 3.95. The minimum Gasteiger partial charge on any atom is -0.368 e. The van der Waals surface area contributed by atoms with Crippen LogP contribution in [0.25, 0.3) is 0 Å². The first-order valence-corrected chi connectivity index (χ1v) is 10.3. The Labute approximate surface area is 170 Å². The third-order valence-electron chi connectivity index (χ3n) is 5.25. The molecule has 1 heterocycles. The first-order valence-electron chi connectivity index (χ1n) is 9.46. The van der Waals surface area contributed by atoms with Gasteiger partial charge in [0.15, 0.2) is 5.78 Å². The lowest BCUT2D eigenvalue weighted by molar-refractivity contribution is -0.119. The molecule has 0 saturated heterocycles. The van der Waals surface area contributed by atoms with E-state index in [1.165, 1.54) is 11.8 Å². The molecule has 1 aliphatic heterocycles. The third kappa shape index (κ3) is 3.85. The number of amides is 1. The number of hydrogen-bond donors (Lipinski definition) is 2. The molecule has 1 amide bonds. The molecule has 0 unspecified atom stereocenters. The maximum absolute atomic E-state index is 12.8. The Bertz CT molecular complexity index is 909. The summed E-state index contributed by atoms with van der Waals surface area (Å²) in [5.41, 5.74) is 8.46. The van der Waals surface area contributed by atoms with Crippen LogP contribution in [0.15, 0.2) is 52.2 Å². The fourth-order valence-electron chi connectivity index (χ4n) is 4.02. The van der Waals surface area contributed by atoms with Crippen molar-refractivity contribution < 1.29 is 9.59 Å². The molecule has 28 heavy (non-hydrogen) atoms. The summed E-state index contributed by atoms with van der Waals surface area (Å²) in [6.45, 7) is 6.13. The van der Waals surface area contributed by atoms with Gasteiger partial charge in [-0.05, 0) is 23.8 Å². The van der Waals surface area contributed by atoms with Gasteiger partial charge in [0.2, 0.25) is 5.91 Å². The number of dihydropyridines is 1. The predicted molar refractivity (Wildman–Crippen MR) is 111 cm³/mol. The summed E-state index contributed by atoms with van der Waals surface area (Å²) in [5, 5.41) is 13.2. The number of nitrogens with two attached hydrogens (primary N) is 1. The van der Waals surface area contributed by atoms with Gasteiger partial charge in [0.25, 0.3) is 0 Å². The van der Waals surface area contributed by atoms with Crippen LogP contribution in [0.1, 0.15) is 50.8 Å². The largest absolute Gasteiger partial charge is 0.368 e. The molecule has 0 fully saturated rings. The number of carbonyl (C=O) groups is 2. The Kier molecular flexibility index (Phi) is 5.66. The van der Waals surface area contributed by atoms with Crippen molar-refractivity contribution in [3.05, 3.63) is 57.8 Å². The molecule has 0 radical (unpaired) electrons. The van der Waals surface area contributed by atoms with Crippen LogP contribution in [0.5, 0.6) is 0 Å². The standard InChI is InChI=1S/C22H25N3O2S/c1-4-14-15(12-23)21(25-16-10-22(2,3)11-17(26)18(14)16)28-19(20(24)27)13-8-6-5-7-9-13/h5-9,14,19,25H,4,10-11H2,1-3H3,(H2,24,27)/t14-,19-/m1/s1. The molecule has 0 spiro atoms. The van der Waals surface area contributed by atoms with E-state index >= 15 is 0 Å². The highest BCUT2D eigenvalue weighted by atomic mass is 32.2. The molecule has 0 saturated carbocycles. The summed E-state index contributed by atoms with van der Waals surface area (Å²) in [6.07, 6.45) is 1.88. The topological polar surface area (TPSA) is 96.0 Å². The second-order valence-corrected chi connectivity index (χ2v) is 9.20. The summed E-state index contributed by atoms with van der Waals surface area (Å²) >= 11 is 1.26. The van der Waals surface area contributed by atoms with Gasteiger partial charge in [-0.15, -0.1) is 0 Å². The van der Waals surface area contributed by atoms with E-state index in [1.54, 1.807) is 0 Å². The van der Waals surface area contributed by atoms with Gasteiger partial charge in [-0.3, -0.25) is 9.59 Å². The Balaban J connectivity index is 2.01. The van der Waals surface area contributed by atoms with Crippen molar-refractivity contribution >= 4 is 23.5 Å². The van der Waals surface area contributed by atoms with E-state index in [0.717, 1.165) is 23.3 Å². The minimum absolute atomic E-state index is 0.108. The Morgan fingerprint density at radius 1 is 1.36 bits per heavy atom. The number of nitriles is 1. The molecule has 1 aromatic rings. The van der Waals surface area contributed by atoms with Gasteiger partial charge < -0.3 is 11.1 Å². The second-order valence-electron chi connectivity index (χ2n) is 8.08. The smallest absolute Gasteiger partial charge is 0.235 e. The van der Waals surface area contributed by atoms with E-state index in [9.17, 15) is 14.9 Å². The molecule has 5 nitrogen and oxygen atoms in total. The lowest BCUT2D eigenvalue weighted by atomic mass is 9.70. The molecule has 6 heteroatoms. The zero-order chi connectivity index (χ0) is 20.5. The van der Waals surface area contributed by atoms with Gasteiger partial charge in [-0.2, -0.15) is 5.26 Å². The summed E-state index contributed by atoms with van der Waals surface area (Å²) in [6, 6.07) is 11.6. The molecular formula is C22H25N3O2S. The van der Waals surface area contributed by atoms with Crippen molar-refractivity contribution in [2.24, 2.45) is 17.1 Å². The number of benzene rings is 1. The van der Waals surface area contributed by atoms with Gasteiger partial charge in [0.1, 0.15) is 5.25 Å². The van der Waals surface area contributed by atoms with E-state index < -0.39 is 11.2 Å². The minimum atomic E-state index is -0.612. The molecule has 0 aromatic heterocycles. The average Bonchev–Trinajstić information content (AvgIpc) is 2.64. The number of ketones is 1. The molecule has 0 bridgehead atoms. The highest BCUT2D eigenvalue weighted by molar-refractivity contribution is 8.03. The van der Waals surface area contributed by atoms with E-state index in [-0.39, 0.29) is 17.1 Å². The van der Waals surface area contributed by atoms with Crippen LogP contribution in [0.4, 0.5) is 0 Å². The van der Waals surface area contributed by atoms with Gasteiger partial charge in [0, 0.05) is 23.6 Å². The fourth-order valence-corrected chi connectivity index (χ4v) is 5.17. The Hall–Kier alpha value is -2.52. The highest BCUT2D eigenvalue weighted by Gasteiger charge is 2.41. The molecule has 3 rings (SSSR count). The van der Waals surface area contributed by atoms with E-state index in [0.29, 0.717) is 23.4 Å². The van der Waals surface area contributed by atoms with Gasteiger partial charge >= 0.3 is 0 Å². The third-order valence-corrected chi connectivity index (χ3v) is 6.55. The van der Waals surface area contributed by atoms with Gasteiger partial charge in [-0.1, -0.05) is 62.9 Å². The van der Waals surface area contributed by atoms with E-state index in [1.807, 2.05) is 37.3 Å². The molecule has 3 N–H and O–H groups in total. The molecule has 2 aliphatic rings. The second kappa shape index (κ2) is 7.84. The maximum Gasteiger partial charge on any atom is 0.235 e. The number of thioether (sulfide) groups is 1. The van der Waals surface area contributed by atoms with Crippen molar-refractivity contribution in [3.63, 3.8) is 0 Å². The van der Waals surface area contributed by atoms with Crippen molar-refractivity contribution in [2.45, 2.75) is 45.3 Å². The lowest BCUT2D eigenvalue weighted by Gasteiger charge is -2.39.